The average molecular weight is 364 g/mol. The molecule has 0 saturated carbocycles. The molecule has 2 aromatic rings. The van der Waals surface area contributed by atoms with E-state index in [1.807, 2.05) is 26.8 Å². The molecule has 1 aliphatic rings. The largest absolute Gasteiger partial charge is 0.494 e. The molecule has 0 radical (unpaired) electrons. The molecule has 6 nitrogen and oxygen atoms in total. The van der Waals surface area contributed by atoms with Crippen LogP contribution in [0, 0.1) is 13.8 Å². The molecule has 1 fully saturated rings. The zero-order valence-corrected chi connectivity index (χ0v) is 15.4. The molecule has 3 rings (SSSR count). The molecule has 0 aromatic heterocycles. The van der Waals surface area contributed by atoms with Crippen molar-refractivity contribution in [3.8, 4) is 5.75 Å². The van der Waals surface area contributed by atoms with Gasteiger partial charge < -0.3 is 4.74 Å². The van der Waals surface area contributed by atoms with Gasteiger partial charge in [-0.25, -0.2) is 9.69 Å². The molecule has 2 aromatic carbocycles. The number of hydrogen-bond acceptors (Lipinski definition) is 4. The number of anilines is 1. The quantitative estimate of drug-likeness (QED) is 0.667. The SMILES string of the molecule is CCOc1cccc(/C=C2\C(=O)NC(=O)N(c3ccc(C)c(C)c3)C2=O)c1. The van der Waals surface area contributed by atoms with Crippen LogP contribution in [0.4, 0.5) is 10.5 Å². The van der Waals surface area contributed by atoms with E-state index < -0.39 is 17.8 Å². The molecule has 0 aliphatic carbocycles. The van der Waals surface area contributed by atoms with E-state index in [0.717, 1.165) is 16.0 Å². The molecular weight excluding hydrogens is 344 g/mol. The zero-order chi connectivity index (χ0) is 19.6. The lowest BCUT2D eigenvalue weighted by molar-refractivity contribution is -0.122. The highest BCUT2D eigenvalue weighted by Crippen LogP contribution is 2.24. The van der Waals surface area contributed by atoms with Gasteiger partial charge in [-0.15, -0.1) is 0 Å². The fourth-order valence-corrected chi connectivity index (χ4v) is 2.78. The second-order valence-electron chi connectivity index (χ2n) is 6.23. The van der Waals surface area contributed by atoms with E-state index in [1.165, 1.54) is 6.08 Å². The van der Waals surface area contributed by atoms with Crippen LogP contribution in [0.5, 0.6) is 5.75 Å². The molecule has 6 heteroatoms. The van der Waals surface area contributed by atoms with Crippen LogP contribution in [0.3, 0.4) is 0 Å². The predicted octanol–water partition coefficient (Wildman–Crippen LogP) is 3.37. The fraction of sp³-hybridized carbons (Fsp3) is 0.190. The number of amides is 4. The van der Waals surface area contributed by atoms with Crippen LogP contribution in [0.15, 0.2) is 48.0 Å². The Morgan fingerprint density at radius 2 is 1.81 bits per heavy atom. The number of hydrogen-bond donors (Lipinski definition) is 1. The van der Waals surface area contributed by atoms with Crippen LogP contribution in [-0.4, -0.2) is 24.5 Å². The lowest BCUT2D eigenvalue weighted by Gasteiger charge is -2.26. The van der Waals surface area contributed by atoms with Gasteiger partial charge in [0, 0.05) is 0 Å². The van der Waals surface area contributed by atoms with Crippen molar-refractivity contribution in [3.05, 3.63) is 64.7 Å². The van der Waals surface area contributed by atoms with Crippen molar-refractivity contribution in [1.29, 1.82) is 0 Å². The van der Waals surface area contributed by atoms with E-state index >= 15 is 0 Å². The molecule has 1 heterocycles. The van der Waals surface area contributed by atoms with Crippen molar-refractivity contribution in [2.24, 2.45) is 0 Å². The van der Waals surface area contributed by atoms with Crippen molar-refractivity contribution in [2.75, 3.05) is 11.5 Å². The number of barbiturate groups is 1. The zero-order valence-electron chi connectivity index (χ0n) is 15.4. The number of rotatable bonds is 4. The van der Waals surface area contributed by atoms with Gasteiger partial charge in [-0.2, -0.15) is 0 Å². The molecule has 27 heavy (non-hydrogen) atoms. The summed E-state index contributed by atoms with van der Waals surface area (Å²) in [5, 5.41) is 2.23. The number of nitrogens with zero attached hydrogens (tertiary/aromatic N) is 1. The van der Waals surface area contributed by atoms with Gasteiger partial charge in [0.15, 0.2) is 0 Å². The number of urea groups is 1. The van der Waals surface area contributed by atoms with E-state index in [9.17, 15) is 14.4 Å². The van der Waals surface area contributed by atoms with Crippen molar-refractivity contribution < 1.29 is 19.1 Å². The Kier molecular flexibility index (Phi) is 5.07. The monoisotopic (exact) mass is 364 g/mol. The summed E-state index contributed by atoms with van der Waals surface area (Å²) < 4.78 is 5.44. The summed E-state index contributed by atoms with van der Waals surface area (Å²) in [7, 11) is 0. The smallest absolute Gasteiger partial charge is 0.335 e. The van der Waals surface area contributed by atoms with E-state index in [-0.39, 0.29) is 5.57 Å². The molecule has 1 saturated heterocycles. The molecule has 0 bridgehead atoms. The van der Waals surface area contributed by atoms with Crippen LogP contribution >= 0.6 is 0 Å². The lowest BCUT2D eigenvalue weighted by Crippen LogP contribution is -2.54. The summed E-state index contributed by atoms with van der Waals surface area (Å²) in [6, 6.07) is 11.6. The Hall–Kier alpha value is -3.41. The maximum atomic E-state index is 12.9. The number of carbonyl (C=O) groups excluding carboxylic acids is 3. The summed E-state index contributed by atoms with van der Waals surface area (Å²) in [5.41, 5.74) is 2.93. The first-order valence-corrected chi connectivity index (χ1v) is 8.62. The number of nitrogens with one attached hydrogen (secondary N) is 1. The van der Waals surface area contributed by atoms with Crippen LogP contribution in [0.1, 0.15) is 23.6 Å². The normalized spacial score (nSPS) is 15.9. The number of benzene rings is 2. The summed E-state index contributed by atoms with van der Waals surface area (Å²) >= 11 is 0. The van der Waals surface area contributed by atoms with Crippen molar-refractivity contribution in [3.63, 3.8) is 0 Å². The first-order chi connectivity index (χ1) is 12.9. The minimum absolute atomic E-state index is 0.110. The molecule has 138 valence electrons. The van der Waals surface area contributed by atoms with E-state index in [0.29, 0.717) is 23.6 Å². The van der Waals surface area contributed by atoms with Crippen LogP contribution in [0.25, 0.3) is 6.08 Å². The van der Waals surface area contributed by atoms with E-state index in [4.69, 9.17) is 4.74 Å². The third-order valence-electron chi connectivity index (χ3n) is 4.33. The molecule has 1 aliphatic heterocycles. The third-order valence-corrected chi connectivity index (χ3v) is 4.33. The maximum Gasteiger partial charge on any atom is 0.335 e. The molecule has 0 atom stereocenters. The Morgan fingerprint density at radius 1 is 1.04 bits per heavy atom. The van der Waals surface area contributed by atoms with Crippen LogP contribution in [0.2, 0.25) is 0 Å². The third kappa shape index (κ3) is 3.74. The number of carbonyl (C=O) groups is 3. The molecule has 0 unspecified atom stereocenters. The van der Waals surface area contributed by atoms with Gasteiger partial charge in [-0.05, 0) is 67.8 Å². The van der Waals surface area contributed by atoms with Crippen LogP contribution < -0.4 is 15.0 Å². The number of ether oxygens (including phenoxy) is 1. The van der Waals surface area contributed by atoms with Crippen molar-refractivity contribution in [1.82, 2.24) is 5.32 Å². The van der Waals surface area contributed by atoms with Gasteiger partial charge in [-0.3, -0.25) is 14.9 Å². The number of aryl methyl sites for hydroxylation is 2. The van der Waals surface area contributed by atoms with Crippen molar-refractivity contribution in [2.45, 2.75) is 20.8 Å². The molecular formula is C21H20N2O4. The molecule has 1 N–H and O–H groups in total. The first-order valence-electron chi connectivity index (χ1n) is 8.62. The van der Waals surface area contributed by atoms with E-state index in [1.54, 1.807) is 36.4 Å². The van der Waals surface area contributed by atoms with Crippen molar-refractivity contribution >= 4 is 29.6 Å². The Balaban J connectivity index is 1.99. The minimum atomic E-state index is -0.756. The highest BCUT2D eigenvalue weighted by atomic mass is 16.5. The van der Waals surface area contributed by atoms with Gasteiger partial charge >= 0.3 is 6.03 Å². The first kappa shape index (κ1) is 18.4. The Bertz CT molecular complexity index is 962. The minimum Gasteiger partial charge on any atom is -0.494 e. The van der Waals surface area contributed by atoms with Gasteiger partial charge in [0.1, 0.15) is 11.3 Å². The second-order valence-corrected chi connectivity index (χ2v) is 6.23. The fourth-order valence-electron chi connectivity index (χ4n) is 2.78. The maximum absolute atomic E-state index is 12.9. The highest BCUT2D eigenvalue weighted by molar-refractivity contribution is 6.39. The van der Waals surface area contributed by atoms with Gasteiger partial charge in [0.25, 0.3) is 11.8 Å². The van der Waals surface area contributed by atoms with Gasteiger partial charge in [-0.1, -0.05) is 18.2 Å². The standard InChI is InChI=1S/C21H20N2O4/c1-4-27-17-7-5-6-15(11-17)12-18-19(24)22-21(26)23(20(18)25)16-9-8-13(2)14(3)10-16/h5-12H,4H2,1-3H3,(H,22,24,26)/b18-12+. The molecule has 4 amide bonds. The summed E-state index contributed by atoms with van der Waals surface area (Å²) in [5.74, 6) is -0.738. The Labute approximate surface area is 157 Å². The second kappa shape index (κ2) is 7.45. The summed E-state index contributed by atoms with van der Waals surface area (Å²) in [4.78, 5) is 38.4. The molecule has 0 spiro atoms. The summed E-state index contributed by atoms with van der Waals surface area (Å²) in [6.45, 7) is 6.22. The lowest BCUT2D eigenvalue weighted by atomic mass is 10.0. The Morgan fingerprint density at radius 3 is 2.52 bits per heavy atom. The predicted molar refractivity (Wildman–Crippen MR) is 103 cm³/mol. The van der Waals surface area contributed by atoms with Gasteiger partial charge in [0.2, 0.25) is 0 Å². The topological polar surface area (TPSA) is 75.7 Å². The van der Waals surface area contributed by atoms with Gasteiger partial charge in [0.05, 0.1) is 12.3 Å². The van der Waals surface area contributed by atoms with E-state index in [2.05, 4.69) is 5.32 Å². The average Bonchev–Trinajstić information content (AvgIpc) is 2.62. The van der Waals surface area contributed by atoms with Crippen LogP contribution in [-0.2, 0) is 9.59 Å². The summed E-state index contributed by atoms with van der Waals surface area (Å²) in [6.07, 6.45) is 1.46. The highest BCUT2D eigenvalue weighted by Gasteiger charge is 2.36. The number of imide groups is 2.